The lowest BCUT2D eigenvalue weighted by molar-refractivity contribution is -0.137. The molecule has 0 bridgehead atoms. The minimum Gasteiger partial charge on any atom is -0.481 e. The van der Waals surface area contributed by atoms with Crippen molar-refractivity contribution < 1.29 is 23.1 Å². The molecule has 1 aromatic carbocycles. The fraction of sp³-hybridized carbons (Fsp3) is 0.333. The number of hydrogen-bond acceptors (Lipinski definition) is 4. The Morgan fingerprint density at radius 2 is 2.00 bits per heavy atom. The standard InChI is InChI=1S/C12H16N2O5S/c1-13-20(18,19)8-11(15)14-10-4-2-3-9(7-10)5-6-12(16)17/h2-4,7,13H,5-6,8H2,1H3,(H,14,15)(H,16,17). The van der Waals surface area contributed by atoms with E-state index in [1.807, 2.05) is 4.72 Å². The molecule has 0 atom stereocenters. The molecule has 0 unspecified atom stereocenters. The Morgan fingerprint density at radius 3 is 2.60 bits per heavy atom. The number of carbonyl (C=O) groups is 2. The highest BCUT2D eigenvalue weighted by Crippen LogP contribution is 2.12. The molecule has 20 heavy (non-hydrogen) atoms. The van der Waals surface area contributed by atoms with E-state index in [1.165, 1.54) is 7.05 Å². The molecule has 0 spiro atoms. The molecule has 7 nitrogen and oxygen atoms in total. The highest BCUT2D eigenvalue weighted by Gasteiger charge is 2.14. The van der Waals surface area contributed by atoms with Crippen molar-refractivity contribution in [2.45, 2.75) is 12.8 Å². The zero-order valence-electron chi connectivity index (χ0n) is 10.9. The number of carboxylic acid groups (broad SMARTS) is 1. The Balaban J connectivity index is 2.66. The number of nitrogens with one attached hydrogen (secondary N) is 2. The Morgan fingerprint density at radius 1 is 1.30 bits per heavy atom. The number of benzene rings is 1. The maximum absolute atomic E-state index is 11.5. The summed E-state index contributed by atoms with van der Waals surface area (Å²) in [7, 11) is -2.38. The number of aliphatic carboxylic acids is 1. The van der Waals surface area contributed by atoms with Crippen molar-refractivity contribution in [3.05, 3.63) is 29.8 Å². The van der Waals surface area contributed by atoms with Gasteiger partial charge >= 0.3 is 5.97 Å². The van der Waals surface area contributed by atoms with Gasteiger partial charge in [-0.1, -0.05) is 12.1 Å². The molecule has 1 rings (SSSR count). The van der Waals surface area contributed by atoms with Crippen LogP contribution in [0.25, 0.3) is 0 Å². The number of hydrogen-bond donors (Lipinski definition) is 3. The predicted octanol–water partition coefficient (Wildman–Crippen LogP) is 0.191. The van der Waals surface area contributed by atoms with Gasteiger partial charge in [-0.15, -0.1) is 0 Å². The van der Waals surface area contributed by atoms with E-state index in [-0.39, 0.29) is 6.42 Å². The fourth-order valence-electron chi connectivity index (χ4n) is 1.50. The summed E-state index contributed by atoms with van der Waals surface area (Å²) in [5, 5.41) is 11.1. The van der Waals surface area contributed by atoms with Gasteiger partial charge in [0.2, 0.25) is 15.9 Å². The topological polar surface area (TPSA) is 113 Å². The van der Waals surface area contributed by atoms with Crippen LogP contribution in [0.5, 0.6) is 0 Å². The Hall–Kier alpha value is -1.93. The minimum absolute atomic E-state index is 0.00840. The van der Waals surface area contributed by atoms with Crippen LogP contribution in [0.1, 0.15) is 12.0 Å². The van der Waals surface area contributed by atoms with Gasteiger partial charge in [0, 0.05) is 12.1 Å². The number of anilines is 1. The summed E-state index contributed by atoms with van der Waals surface area (Å²) < 4.78 is 24.5. The monoisotopic (exact) mass is 300 g/mol. The van der Waals surface area contributed by atoms with Crippen molar-refractivity contribution in [2.24, 2.45) is 0 Å². The van der Waals surface area contributed by atoms with E-state index in [1.54, 1.807) is 24.3 Å². The van der Waals surface area contributed by atoms with E-state index in [0.717, 1.165) is 5.56 Å². The number of aryl methyl sites for hydroxylation is 1. The SMILES string of the molecule is CNS(=O)(=O)CC(=O)Nc1cccc(CCC(=O)O)c1. The van der Waals surface area contributed by atoms with Crippen LogP contribution in [0.15, 0.2) is 24.3 Å². The first-order valence-corrected chi connectivity index (χ1v) is 7.49. The van der Waals surface area contributed by atoms with Gasteiger partial charge in [0.05, 0.1) is 0 Å². The van der Waals surface area contributed by atoms with Gasteiger partial charge in [0.1, 0.15) is 5.75 Å². The summed E-state index contributed by atoms with van der Waals surface area (Å²) in [6.45, 7) is 0. The van der Waals surface area contributed by atoms with Gasteiger partial charge in [0.25, 0.3) is 0 Å². The van der Waals surface area contributed by atoms with Crippen LogP contribution in [0.2, 0.25) is 0 Å². The molecule has 3 N–H and O–H groups in total. The molecule has 0 radical (unpaired) electrons. The van der Waals surface area contributed by atoms with Gasteiger partial charge < -0.3 is 10.4 Å². The third kappa shape index (κ3) is 5.81. The summed E-state index contributed by atoms with van der Waals surface area (Å²) >= 11 is 0. The third-order valence-corrected chi connectivity index (χ3v) is 3.73. The average Bonchev–Trinajstić information content (AvgIpc) is 2.36. The predicted molar refractivity (Wildman–Crippen MR) is 73.9 cm³/mol. The third-order valence-electron chi connectivity index (χ3n) is 2.47. The van der Waals surface area contributed by atoms with Crippen LogP contribution in [0.3, 0.4) is 0 Å². The molecule has 0 aliphatic rings. The molecule has 0 fully saturated rings. The molecular weight excluding hydrogens is 284 g/mol. The number of carbonyl (C=O) groups excluding carboxylic acids is 1. The summed E-state index contributed by atoms with van der Waals surface area (Å²) in [4.78, 5) is 22.0. The van der Waals surface area contributed by atoms with E-state index in [4.69, 9.17) is 5.11 Å². The molecule has 0 aliphatic heterocycles. The van der Waals surface area contributed by atoms with Crippen molar-refractivity contribution in [2.75, 3.05) is 18.1 Å². The first-order valence-electron chi connectivity index (χ1n) is 5.84. The second-order valence-electron chi connectivity index (χ2n) is 4.11. The Kier molecular flexibility index (Phi) is 5.66. The van der Waals surface area contributed by atoms with Gasteiger partial charge in [-0.2, -0.15) is 0 Å². The molecule has 0 aliphatic carbocycles. The average molecular weight is 300 g/mol. The number of amides is 1. The lowest BCUT2D eigenvalue weighted by atomic mass is 10.1. The van der Waals surface area contributed by atoms with Crippen LogP contribution >= 0.6 is 0 Å². The smallest absolute Gasteiger partial charge is 0.303 e. The highest BCUT2D eigenvalue weighted by atomic mass is 32.2. The van der Waals surface area contributed by atoms with Crippen molar-refractivity contribution in [3.8, 4) is 0 Å². The normalized spacial score (nSPS) is 11.1. The fourth-order valence-corrected chi connectivity index (χ4v) is 2.06. The van der Waals surface area contributed by atoms with Gasteiger partial charge in [-0.05, 0) is 31.2 Å². The Bertz CT molecular complexity index is 598. The maximum atomic E-state index is 11.5. The summed E-state index contributed by atoms with van der Waals surface area (Å²) in [5.41, 5.74) is 1.19. The number of rotatable bonds is 7. The lowest BCUT2D eigenvalue weighted by Gasteiger charge is -2.07. The van der Waals surface area contributed by atoms with Crippen LogP contribution in [-0.4, -0.2) is 38.2 Å². The largest absolute Gasteiger partial charge is 0.481 e. The van der Waals surface area contributed by atoms with Crippen LogP contribution in [0.4, 0.5) is 5.69 Å². The second-order valence-corrected chi connectivity index (χ2v) is 6.03. The van der Waals surface area contributed by atoms with E-state index in [0.29, 0.717) is 12.1 Å². The zero-order chi connectivity index (χ0) is 15.2. The van der Waals surface area contributed by atoms with E-state index >= 15 is 0 Å². The number of sulfonamides is 1. The molecule has 8 heteroatoms. The van der Waals surface area contributed by atoms with E-state index in [9.17, 15) is 18.0 Å². The molecule has 0 aromatic heterocycles. The van der Waals surface area contributed by atoms with E-state index < -0.39 is 27.7 Å². The van der Waals surface area contributed by atoms with Gasteiger partial charge in [-0.3, -0.25) is 9.59 Å². The lowest BCUT2D eigenvalue weighted by Crippen LogP contribution is -2.30. The minimum atomic E-state index is -3.61. The molecule has 0 saturated heterocycles. The van der Waals surface area contributed by atoms with E-state index in [2.05, 4.69) is 5.32 Å². The van der Waals surface area contributed by atoms with Crippen LogP contribution in [-0.2, 0) is 26.0 Å². The summed E-state index contributed by atoms with van der Waals surface area (Å²) in [6.07, 6.45) is 0.333. The van der Waals surface area contributed by atoms with Crippen LogP contribution < -0.4 is 10.0 Å². The molecule has 110 valence electrons. The Labute approximate surface area is 117 Å². The van der Waals surface area contributed by atoms with Gasteiger partial charge in [-0.25, -0.2) is 13.1 Å². The van der Waals surface area contributed by atoms with Crippen molar-refractivity contribution in [1.29, 1.82) is 0 Å². The van der Waals surface area contributed by atoms with Crippen molar-refractivity contribution in [3.63, 3.8) is 0 Å². The molecule has 0 heterocycles. The van der Waals surface area contributed by atoms with Gasteiger partial charge in [0.15, 0.2) is 0 Å². The molecule has 1 amide bonds. The highest BCUT2D eigenvalue weighted by molar-refractivity contribution is 7.90. The van der Waals surface area contributed by atoms with Crippen molar-refractivity contribution in [1.82, 2.24) is 4.72 Å². The molecular formula is C12H16N2O5S. The summed E-state index contributed by atoms with van der Waals surface area (Å²) in [5.74, 6) is -2.22. The maximum Gasteiger partial charge on any atom is 0.303 e. The second kappa shape index (κ2) is 7.01. The molecule has 0 saturated carbocycles. The van der Waals surface area contributed by atoms with Crippen molar-refractivity contribution >= 4 is 27.6 Å². The molecule has 1 aromatic rings. The quantitative estimate of drug-likeness (QED) is 0.665. The van der Waals surface area contributed by atoms with Crippen LogP contribution in [0, 0.1) is 0 Å². The number of carboxylic acids is 1. The first-order chi connectivity index (χ1) is 9.32. The summed E-state index contributed by atoms with van der Waals surface area (Å²) in [6, 6.07) is 6.63. The zero-order valence-corrected chi connectivity index (χ0v) is 11.7. The first kappa shape index (κ1) is 16.1.